The standard InChI is InChI=1S/C17H24N2O3/c1-12-10-14(18-16(21)22-17(2,3)4)15(20)19(12)11-13-8-6-5-7-9-13/h5-9,12,14H,10-11H2,1-4H3,(H,18,21)/t12-,14+/m1/s1. The second-order valence-corrected chi connectivity index (χ2v) is 6.74. The highest BCUT2D eigenvalue weighted by molar-refractivity contribution is 5.88. The van der Waals surface area contributed by atoms with E-state index >= 15 is 0 Å². The summed E-state index contributed by atoms with van der Waals surface area (Å²) in [7, 11) is 0. The molecule has 0 aliphatic carbocycles. The minimum Gasteiger partial charge on any atom is -0.444 e. The van der Waals surface area contributed by atoms with E-state index < -0.39 is 17.7 Å². The molecule has 0 aromatic heterocycles. The first kappa shape index (κ1) is 16.3. The molecule has 0 spiro atoms. The van der Waals surface area contributed by atoms with E-state index in [1.165, 1.54) is 0 Å². The number of amides is 2. The summed E-state index contributed by atoms with van der Waals surface area (Å²) in [5.41, 5.74) is 0.516. The van der Waals surface area contributed by atoms with Crippen molar-refractivity contribution in [1.29, 1.82) is 0 Å². The van der Waals surface area contributed by atoms with Crippen LogP contribution in [-0.2, 0) is 16.1 Å². The van der Waals surface area contributed by atoms with E-state index in [0.29, 0.717) is 13.0 Å². The number of alkyl carbamates (subject to hydrolysis) is 1. The lowest BCUT2D eigenvalue weighted by molar-refractivity contribution is -0.131. The molecule has 1 aromatic rings. The van der Waals surface area contributed by atoms with Gasteiger partial charge in [-0.15, -0.1) is 0 Å². The summed E-state index contributed by atoms with van der Waals surface area (Å²) in [5, 5.41) is 2.68. The second-order valence-electron chi connectivity index (χ2n) is 6.74. The summed E-state index contributed by atoms with van der Waals surface area (Å²) in [6, 6.07) is 9.43. The van der Waals surface area contributed by atoms with Gasteiger partial charge < -0.3 is 15.0 Å². The molecular weight excluding hydrogens is 280 g/mol. The highest BCUT2D eigenvalue weighted by atomic mass is 16.6. The minimum absolute atomic E-state index is 0.0535. The molecular formula is C17H24N2O3. The third-order valence-electron chi connectivity index (χ3n) is 3.58. The Labute approximate surface area is 131 Å². The molecule has 0 radical (unpaired) electrons. The van der Waals surface area contributed by atoms with Gasteiger partial charge in [-0.05, 0) is 39.7 Å². The third-order valence-corrected chi connectivity index (χ3v) is 3.58. The van der Waals surface area contributed by atoms with Gasteiger partial charge in [0, 0.05) is 12.6 Å². The Balaban J connectivity index is 1.97. The van der Waals surface area contributed by atoms with Gasteiger partial charge in [0.05, 0.1) is 0 Å². The lowest BCUT2D eigenvalue weighted by Crippen LogP contribution is -2.43. The zero-order chi connectivity index (χ0) is 16.3. The van der Waals surface area contributed by atoms with E-state index in [4.69, 9.17) is 4.74 Å². The topological polar surface area (TPSA) is 58.6 Å². The van der Waals surface area contributed by atoms with Crippen LogP contribution in [-0.4, -0.2) is 34.6 Å². The van der Waals surface area contributed by atoms with E-state index in [9.17, 15) is 9.59 Å². The molecule has 1 aliphatic rings. The van der Waals surface area contributed by atoms with Crippen molar-refractivity contribution in [2.75, 3.05) is 0 Å². The van der Waals surface area contributed by atoms with E-state index in [0.717, 1.165) is 5.56 Å². The number of hydrogen-bond acceptors (Lipinski definition) is 3. The highest BCUT2D eigenvalue weighted by Crippen LogP contribution is 2.22. The van der Waals surface area contributed by atoms with Crippen molar-refractivity contribution in [3.63, 3.8) is 0 Å². The molecule has 2 rings (SSSR count). The Morgan fingerprint density at radius 2 is 1.95 bits per heavy atom. The smallest absolute Gasteiger partial charge is 0.408 e. The fourth-order valence-electron chi connectivity index (χ4n) is 2.57. The predicted molar refractivity (Wildman–Crippen MR) is 84.2 cm³/mol. The number of carbonyl (C=O) groups excluding carboxylic acids is 2. The van der Waals surface area contributed by atoms with Crippen molar-refractivity contribution in [2.24, 2.45) is 0 Å². The van der Waals surface area contributed by atoms with Crippen molar-refractivity contribution in [3.8, 4) is 0 Å². The summed E-state index contributed by atoms with van der Waals surface area (Å²) >= 11 is 0. The van der Waals surface area contributed by atoms with Crippen LogP contribution in [0.5, 0.6) is 0 Å². The molecule has 1 fully saturated rings. The van der Waals surface area contributed by atoms with Crippen molar-refractivity contribution in [1.82, 2.24) is 10.2 Å². The molecule has 1 aliphatic heterocycles. The number of benzene rings is 1. The molecule has 5 nitrogen and oxygen atoms in total. The number of carbonyl (C=O) groups is 2. The molecule has 1 aromatic carbocycles. The SMILES string of the molecule is C[C@@H]1C[C@H](NC(=O)OC(C)(C)C)C(=O)N1Cc1ccccc1. The third kappa shape index (κ3) is 4.23. The predicted octanol–water partition coefficient (Wildman–Crippen LogP) is 2.70. The van der Waals surface area contributed by atoms with Gasteiger partial charge in [0.25, 0.3) is 0 Å². The van der Waals surface area contributed by atoms with Gasteiger partial charge in [-0.25, -0.2) is 4.79 Å². The van der Waals surface area contributed by atoms with Crippen LogP contribution in [0.4, 0.5) is 4.79 Å². The number of ether oxygens (including phenoxy) is 1. The minimum atomic E-state index is -0.568. The number of likely N-dealkylation sites (tertiary alicyclic amines) is 1. The summed E-state index contributed by atoms with van der Waals surface area (Å²) in [6.45, 7) is 7.96. The fourth-order valence-corrected chi connectivity index (χ4v) is 2.57. The van der Waals surface area contributed by atoms with Crippen LogP contribution < -0.4 is 5.32 Å². The molecule has 2 atom stereocenters. The van der Waals surface area contributed by atoms with E-state index in [-0.39, 0.29) is 11.9 Å². The van der Waals surface area contributed by atoms with Crippen LogP contribution in [0, 0.1) is 0 Å². The van der Waals surface area contributed by atoms with Crippen LogP contribution in [0.1, 0.15) is 39.7 Å². The lowest BCUT2D eigenvalue weighted by Gasteiger charge is -2.22. The monoisotopic (exact) mass is 304 g/mol. The van der Waals surface area contributed by atoms with Gasteiger partial charge in [-0.1, -0.05) is 30.3 Å². The summed E-state index contributed by atoms with van der Waals surface area (Å²) < 4.78 is 5.22. The van der Waals surface area contributed by atoms with Gasteiger partial charge in [0.1, 0.15) is 11.6 Å². The average molecular weight is 304 g/mol. The van der Waals surface area contributed by atoms with E-state index in [1.54, 1.807) is 25.7 Å². The van der Waals surface area contributed by atoms with Crippen LogP contribution in [0.25, 0.3) is 0 Å². The van der Waals surface area contributed by atoms with Crippen molar-refractivity contribution in [2.45, 2.75) is 58.3 Å². The fraction of sp³-hybridized carbons (Fsp3) is 0.529. The molecule has 5 heteroatoms. The summed E-state index contributed by atoms with van der Waals surface area (Å²) in [4.78, 5) is 26.1. The number of rotatable bonds is 3. The average Bonchev–Trinajstić information content (AvgIpc) is 2.65. The van der Waals surface area contributed by atoms with Crippen LogP contribution in [0.2, 0.25) is 0 Å². The molecule has 1 heterocycles. The first-order valence-electron chi connectivity index (χ1n) is 7.60. The zero-order valence-corrected chi connectivity index (χ0v) is 13.6. The Hall–Kier alpha value is -2.04. The Morgan fingerprint density at radius 3 is 2.55 bits per heavy atom. The molecule has 1 saturated heterocycles. The maximum absolute atomic E-state index is 12.5. The quantitative estimate of drug-likeness (QED) is 0.934. The molecule has 0 bridgehead atoms. The number of nitrogens with zero attached hydrogens (tertiary/aromatic N) is 1. The Morgan fingerprint density at radius 1 is 1.32 bits per heavy atom. The van der Waals surface area contributed by atoms with Crippen molar-refractivity contribution in [3.05, 3.63) is 35.9 Å². The molecule has 0 unspecified atom stereocenters. The number of hydrogen-bond donors (Lipinski definition) is 1. The maximum Gasteiger partial charge on any atom is 0.408 e. The maximum atomic E-state index is 12.5. The van der Waals surface area contributed by atoms with Crippen LogP contribution >= 0.6 is 0 Å². The van der Waals surface area contributed by atoms with Gasteiger partial charge in [0.15, 0.2) is 0 Å². The Kier molecular flexibility index (Phi) is 4.74. The van der Waals surface area contributed by atoms with E-state index in [2.05, 4.69) is 5.32 Å². The first-order valence-corrected chi connectivity index (χ1v) is 7.60. The van der Waals surface area contributed by atoms with Gasteiger partial charge in [-0.2, -0.15) is 0 Å². The molecule has 22 heavy (non-hydrogen) atoms. The van der Waals surface area contributed by atoms with Crippen LogP contribution in [0.3, 0.4) is 0 Å². The number of nitrogens with one attached hydrogen (secondary N) is 1. The highest BCUT2D eigenvalue weighted by Gasteiger charge is 2.38. The Bertz CT molecular complexity index is 537. The van der Waals surface area contributed by atoms with Crippen LogP contribution in [0.15, 0.2) is 30.3 Å². The molecule has 120 valence electrons. The normalized spacial score (nSPS) is 21.8. The largest absolute Gasteiger partial charge is 0.444 e. The lowest BCUT2D eigenvalue weighted by atomic mass is 10.2. The van der Waals surface area contributed by atoms with Crippen molar-refractivity contribution < 1.29 is 14.3 Å². The zero-order valence-electron chi connectivity index (χ0n) is 13.6. The van der Waals surface area contributed by atoms with E-state index in [1.807, 2.05) is 37.3 Å². The van der Waals surface area contributed by atoms with Crippen molar-refractivity contribution >= 4 is 12.0 Å². The van der Waals surface area contributed by atoms with Gasteiger partial charge in [0.2, 0.25) is 5.91 Å². The van der Waals surface area contributed by atoms with Gasteiger partial charge in [-0.3, -0.25) is 4.79 Å². The molecule has 1 N–H and O–H groups in total. The first-order chi connectivity index (χ1) is 10.3. The summed E-state index contributed by atoms with van der Waals surface area (Å²) in [6.07, 6.45) is 0.0601. The summed E-state index contributed by atoms with van der Waals surface area (Å²) in [5.74, 6) is -0.0535. The van der Waals surface area contributed by atoms with Gasteiger partial charge >= 0.3 is 6.09 Å². The second kappa shape index (κ2) is 6.38. The molecule has 2 amide bonds. The molecule has 0 saturated carbocycles.